The van der Waals surface area contributed by atoms with E-state index in [1.165, 1.54) is 12.0 Å². The lowest BCUT2D eigenvalue weighted by Gasteiger charge is -2.43. The molecule has 0 amide bonds. The Bertz CT molecular complexity index is 1170. The Morgan fingerprint density at radius 2 is 1.94 bits per heavy atom. The molecule has 7 nitrogen and oxygen atoms in total. The lowest BCUT2D eigenvalue weighted by molar-refractivity contribution is 0.369. The number of aryl methyl sites for hydroxylation is 2. The van der Waals surface area contributed by atoms with Crippen molar-refractivity contribution in [1.82, 2.24) is 24.5 Å². The molecule has 0 spiro atoms. The zero-order valence-corrected chi connectivity index (χ0v) is 18.0. The molecular weight excluding hydrogens is 386 g/mol. The van der Waals surface area contributed by atoms with Crippen LogP contribution in [0.1, 0.15) is 55.0 Å². The third-order valence-corrected chi connectivity index (χ3v) is 7.42. The van der Waals surface area contributed by atoms with Crippen molar-refractivity contribution in [3.05, 3.63) is 53.2 Å². The largest absolute Gasteiger partial charge is 0.351 e. The van der Waals surface area contributed by atoms with E-state index >= 15 is 0 Å². The topological polar surface area (TPSA) is 75.6 Å². The van der Waals surface area contributed by atoms with E-state index in [4.69, 9.17) is 5.10 Å². The fourth-order valence-corrected chi connectivity index (χ4v) is 5.93. The number of nitrogens with zero attached hydrogens (tertiary/aromatic N) is 7. The Balaban J connectivity index is 1.54. The average Bonchev–Trinajstić information content (AvgIpc) is 3.48. The van der Waals surface area contributed by atoms with Gasteiger partial charge >= 0.3 is 0 Å². The monoisotopic (exact) mass is 413 g/mol. The maximum atomic E-state index is 10.7. The Morgan fingerprint density at radius 1 is 1.06 bits per heavy atom. The number of nitriles is 1. The smallest absolute Gasteiger partial charge is 0.156 e. The minimum absolute atomic E-state index is 0.0973. The van der Waals surface area contributed by atoms with Crippen LogP contribution >= 0.6 is 0 Å². The average molecular weight is 414 g/mol. The van der Waals surface area contributed by atoms with Gasteiger partial charge in [-0.25, -0.2) is 4.68 Å². The second kappa shape index (κ2) is 6.94. The van der Waals surface area contributed by atoms with E-state index in [0.717, 1.165) is 74.0 Å². The fourth-order valence-electron chi connectivity index (χ4n) is 5.93. The van der Waals surface area contributed by atoms with Crippen LogP contribution in [-0.2, 0) is 24.8 Å². The molecule has 0 saturated carbocycles. The first-order valence-electron chi connectivity index (χ1n) is 11.5. The summed E-state index contributed by atoms with van der Waals surface area (Å²) in [5.41, 5.74) is 2.56. The third-order valence-electron chi connectivity index (χ3n) is 7.42. The number of fused-ring (bicyclic) bond motifs is 4. The van der Waals surface area contributed by atoms with Gasteiger partial charge in [0.2, 0.25) is 0 Å². The van der Waals surface area contributed by atoms with Crippen LogP contribution < -0.4 is 4.90 Å². The van der Waals surface area contributed by atoms with Gasteiger partial charge in [0.25, 0.3) is 0 Å². The molecule has 0 unspecified atom stereocenters. The molecule has 0 aliphatic carbocycles. The molecule has 1 aromatic carbocycles. The van der Waals surface area contributed by atoms with Gasteiger partial charge in [-0.15, -0.1) is 10.2 Å². The highest BCUT2D eigenvalue weighted by Crippen LogP contribution is 2.48. The fraction of sp³-hybridized carbons (Fsp3) is 0.500. The van der Waals surface area contributed by atoms with Crippen LogP contribution in [0.3, 0.4) is 0 Å². The summed E-state index contributed by atoms with van der Waals surface area (Å²) >= 11 is 0. The van der Waals surface area contributed by atoms with Crippen molar-refractivity contribution in [2.45, 2.75) is 69.9 Å². The summed E-state index contributed by atoms with van der Waals surface area (Å²) in [6, 6.07) is 13.2. The van der Waals surface area contributed by atoms with Crippen molar-refractivity contribution in [2.24, 2.45) is 0 Å². The van der Waals surface area contributed by atoms with Crippen molar-refractivity contribution in [3.8, 4) is 11.8 Å². The first kappa shape index (κ1) is 18.6. The molecule has 0 radical (unpaired) electrons. The van der Waals surface area contributed by atoms with Crippen LogP contribution in [0.5, 0.6) is 0 Å². The van der Waals surface area contributed by atoms with Crippen LogP contribution in [0.15, 0.2) is 30.3 Å². The zero-order valence-electron chi connectivity index (χ0n) is 18.0. The predicted octanol–water partition coefficient (Wildman–Crippen LogP) is 3.49. The SMILES string of the molecule is Cc1nn(-c2ccccc2)c2c1C[C@](C#N)(c1nnc3n1CCCCC3)[C@H]1CCCN21. The van der Waals surface area contributed by atoms with Gasteiger partial charge in [-0.3, -0.25) is 0 Å². The predicted molar refractivity (Wildman–Crippen MR) is 117 cm³/mol. The van der Waals surface area contributed by atoms with Gasteiger partial charge in [0, 0.05) is 31.5 Å². The molecule has 158 valence electrons. The molecule has 3 aromatic rings. The van der Waals surface area contributed by atoms with Gasteiger partial charge in [0.05, 0.1) is 23.5 Å². The van der Waals surface area contributed by atoms with Gasteiger partial charge in [0.1, 0.15) is 17.1 Å². The minimum Gasteiger partial charge on any atom is -0.351 e. The van der Waals surface area contributed by atoms with Crippen LogP contribution in [0, 0.1) is 18.3 Å². The summed E-state index contributed by atoms with van der Waals surface area (Å²) in [5, 5.41) is 24.8. The molecule has 6 rings (SSSR count). The van der Waals surface area contributed by atoms with E-state index in [-0.39, 0.29) is 6.04 Å². The van der Waals surface area contributed by atoms with Gasteiger partial charge in [0.15, 0.2) is 5.82 Å². The maximum absolute atomic E-state index is 10.7. The number of para-hydroxylation sites is 1. The second-order valence-electron chi connectivity index (χ2n) is 9.15. The standard InChI is InChI=1S/C24H27N7/c1-17-19-15-24(16-25,23-27-26-21-12-6-3-7-13-30(21)23)20-11-8-14-29(20)22(19)31(28-17)18-9-4-2-5-10-18/h2,4-5,9-10,20H,3,6-8,11-15H2,1H3/t20-,24-/m1/s1. The molecule has 1 fully saturated rings. The Labute approximate surface area is 182 Å². The summed E-state index contributed by atoms with van der Waals surface area (Å²) < 4.78 is 4.35. The van der Waals surface area contributed by atoms with E-state index in [0.29, 0.717) is 6.42 Å². The van der Waals surface area contributed by atoms with Crippen LogP contribution in [0.25, 0.3) is 5.69 Å². The highest BCUT2D eigenvalue weighted by Gasteiger charge is 2.55. The van der Waals surface area contributed by atoms with Crippen molar-refractivity contribution in [1.29, 1.82) is 5.26 Å². The summed E-state index contributed by atoms with van der Waals surface area (Å²) in [7, 11) is 0. The summed E-state index contributed by atoms with van der Waals surface area (Å²) in [4.78, 5) is 2.44. The molecule has 3 aliphatic rings. The molecule has 3 aliphatic heterocycles. The minimum atomic E-state index is -0.686. The van der Waals surface area contributed by atoms with Crippen molar-refractivity contribution in [3.63, 3.8) is 0 Å². The highest BCUT2D eigenvalue weighted by atomic mass is 15.4. The molecule has 5 heterocycles. The lowest BCUT2D eigenvalue weighted by Crippen LogP contribution is -2.53. The first-order valence-corrected chi connectivity index (χ1v) is 11.5. The molecule has 2 aromatic heterocycles. The molecular formula is C24H27N7. The van der Waals surface area contributed by atoms with E-state index in [9.17, 15) is 5.26 Å². The lowest BCUT2D eigenvalue weighted by atomic mass is 9.72. The van der Waals surface area contributed by atoms with E-state index < -0.39 is 5.41 Å². The Morgan fingerprint density at radius 3 is 2.77 bits per heavy atom. The van der Waals surface area contributed by atoms with Gasteiger partial charge in [-0.2, -0.15) is 10.4 Å². The Kier molecular flexibility index (Phi) is 4.17. The summed E-state index contributed by atoms with van der Waals surface area (Å²) in [6.07, 6.45) is 7.17. The summed E-state index contributed by atoms with van der Waals surface area (Å²) in [5.74, 6) is 3.09. The number of hydrogen-bond acceptors (Lipinski definition) is 5. The van der Waals surface area contributed by atoms with Crippen LogP contribution in [-0.4, -0.2) is 37.1 Å². The molecule has 0 bridgehead atoms. The quantitative estimate of drug-likeness (QED) is 0.643. The zero-order chi connectivity index (χ0) is 21.0. The van der Waals surface area contributed by atoms with E-state index in [1.54, 1.807) is 0 Å². The molecule has 0 N–H and O–H groups in total. The van der Waals surface area contributed by atoms with Gasteiger partial charge in [-0.1, -0.05) is 24.6 Å². The number of aromatic nitrogens is 5. The summed E-state index contributed by atoms with van der Waals surface area (Å²) in [6.45, 7) is 3.93. The molecule has 1 saturated heterocycles. The van der Waals surface area contributed by atoms with Crippen molar-refractivity contribution >= 4 is 5.82 Å². The van der Waals surface area contributed by atoms with E-state index in [1.807, 2.05) is 18.2 Å². The van der Waals surface area contributed by atoms with Crippen LogP contribution in [0.4, 0.5) is 5.82 Å². The van der Waals surface area contributed by atoms with Crippen molar-refractivity contribution < 1.29 is 0 Å². The van der Waals surface area contributed by atoms with Crippen LogP contribution in [0.2, 0.25) is 0 Å². The van der Waals surface area contributed by atoms with Gasteiger partial charge < -0.3 is 9.47 Å². The molecule has 31 heavy (non-hydrogen) atoms. The second-order valence-corrected chi connectivity index (χ2v) is 9.15. The number of hydrogen-bond donors (Lipinski definition) is 0. The number of anilines is 1. The Hall–Kier alpha value is -3.14. The normalized spacial score (nSPS) is 24.8. The van der Waals surface area contributed by atoms with E-state index in [2.05, 4.69) is 49.5 Å². The molecule has 7 heteroatoms. The van der Waals surface area contributed by atoms with Crippen molar-refractivity contribution in [2.75, 3.05) is 11.4 Å². The number of benzene rings is 1. The highest BCUT2D eigenvalue weighted by molar-refractivity contribution is 5.62. The van der Waals surface area contributed by atoms with Gasteiger partial charge in [-0.05, 0) is 44.7 Å². The molecule has 2 atom stereocenters. The third kappa shape index (κ3) is 2.60. The maximum Gasteiger partial charge on any atom is 0.156 e. The number of rotatable bonds is 2. The first-order chi connectivity index (χ1) is 15.2.